The summed E-state index contributed by atoms with van der Waals surface area (Å²) in [5, 5.41) is 0. The standard InChI is InChI=1S/C17H34.C2H6/c1-12(2)9-17(7,8)15-13(3)10-16(5,6)11-14(15)4;1-2/h12-15H,9-11H2,1-8H3;1-2H3. The van der Waals surface area contributed by atoms with Gasteiger partial charge in [0.15, 0.2) is 0 Å². The molecule has 0 heterocycles. The van der Waals surface area contributed by atoms with Crippen molar-refractivity contribution in [2.75, 3.05) is 0 Å². The largest absolute Gasteiger partial charge is 0.0683 e. The minimum Gasteiger partial charge on any atom is -0.0683 e. The molecule has 0 aliphatic heterocycles. The van der Waals surface area contributed by atoms with Crippen molar-refractivity contribution in [2.45, 2.75) is 88.5 Å². The van der Waals surface area contributed by atoms with Crippen LogP contribution in [0.1, 0.15) is 88.5 Å². The van der Waals surface area contributed by atoms with E-state index in [9.17, 15) is 0 Å². The van der Waals surface area contributed by atoms with Crippen LogP contribution >= 0.6 is 0 Å². The van der Waals surface area contributed by atoms with Gasteiger partial charge in [0.25, 0.3) is 0 Å². The van der Waals surface area contributed by atoms with Crippen LogP contribution in [0.5, 0.6) is 0 Å². The van der Waals surface area contributed by atoms with E-state index in [1.807, 2.05) is 13.8 Å². The Morgan fingerprint density at radius 1 is 1.00 bits per heavy atom. The van der Waals surface area contributed by atoms with Gasteiger partial charge in [-0.1, -0.05) is 69.2 Å². The normalized spacial score (nSPS) is 30.8. The molecule has 0 N–H and O–H groups in total. The molecule has 0 nitrogen and oxygen atoms in total. The summed E-state index contributed by atoms with van der Waals surface area (Å²) in [6.07, 6.45) is 4.18. The van der Waals surface area contributed by atoms with Gasteiger partial charge in [0, 0.05) is 0 Å². The minimum absolute atomic E-state index is 0.503. The molecule has 1 aliphatic carbocycles. The van der Waals surface area contributed by atoms with Crippen molar-refractivity contribution < 1.29 is 0 Å². The van der Waals surface area contributed by atoms with Gasteiger partial charge in [-0.3, -0.25) is 0 Å². The summed E-state index contributed by atoms with van der Waals surface area (Å²) < 4.78 is 0. The summed E-state index contributed by atoms with van der Waals surface area (Å²) in [4.78, 5) is 0. The van der Waals surface area contributed by atoms with Crippen LogP contribution in [0.15, 0.2) is 0 Å². The summed E-state index contributed by atoms with van der Waals surface area (Å²) in [6, 6.07) is 0. The van der Waals surface area contributed by atoms with E-state index in [4.69, 9.17) is 0 Å². The van der Waals surface area contributed by atoms with E-state index in [2.05, 4.69) is 55.4 Å². The maximum absolute atomic E-state index is 2.50. The molecule has 0 amide bonds. The first-order chi connectivity index (χ1) is 8.55. The molecule has 0 spiro atoms. The van der Waals surface area contributed by atoms with E-state index in [0.717, 1.165) is 23.7 Å². The molecule has 1 aliphatic rings. The molecule has 1 saturated carbocycles. The van der Waals surface area contributed by atoms with E-state index < -0.39 is 0 Å². The molecule has 2 atom stereocenters. The maximum atomic E-state index is 2.50. The Bertz CT molecular complexity index is 233. The zero-order chi connectivity index (χ0) is 15.4. The lowest BCUT2D eigenvalue weighted by Gasteiger charge is -2.51. The van der Waals surface area contributed by atoms with Gasteiger partial charge in [0.1, 0.15) is 0 Å². The van der Waals surface area contributed by atoms with Crippen LogP contribution in [0.3, 0.4) is 0 Å². The third-order valence-corrected chi connectivity index (χ3v) is 4.81. The predicted octanol–water partition coefficient (Wildman–Crippen LogP) is 6.79. The van der Waals surface area contributed by atoms with E-state index in [-0.39, 0.29) is 0 Å². The second-order valence-electron chi connectivity index (χ2n) is 8.64. The minimum atomic E-state index is 0.503. The lowest BCUT2D eigenvalue weighted by molar-refractivity contribution is -0.0113. The Kier molecular flexibility index (Phi) is 7.14. The molecule has 0 saturated heterocycles. The second-order valence-corrected chi connectivity index (χ2v) is 8.64. The number of hydrogen-bond acceptors (Lipinski definition) is 0. The van der Waals surface area contributed by atoms with Crippen LogP contribution < -0.4 is 0 Å². The summed E-state index contributed by atoms with van der Waals surface area (Å²) in [7, 11) is 0. The first-order valence-corrected chi connectivity index (χ1v) is 8.55. The van der Waals surface area contributed by atoms with Gasteiger partial charge in [-0.05, 0) is 53.8 Å². The second kappa shape index (κ2) is 7.14. The van der Waals surface area contributed by atoms with Crippen LogP contribution in [-0.2, 0) is 0 Å². The van der Waals surface area contributed by atoms with Crippen molar-refractivity contribution >= 4 is 0 Å². The fourth-order valence-corrected chi connectivity index (χ4v) is 5.37. The number of rotatable bonds is 3. The topological polar surface area (TPSA) is 0 Å². The van der Waals surface area contributed by atoms with Crippen LogP contribution in [-0.4, -0.2) is 0 Å². The summed E-state index contributed by atoms with van der Waals surface area (Å²) >= 11 is 0. The SMILES string of the molecule is CC.CC(C)CC(C)(C)C1C(C)CC(C)(C)CC1C. The summed E-state index contributed by atoms with van der Waals surface area (Å²) in [6.45, 7) is 23.6. The highest BCUT2D eigenvalue weighted by Gasteiger charge is 2.44. The van der Waals surface area contributed by atoms with Gasteiger partial charge in [-0.15, -0.1) is 0 Å². The fourth-order valence-electron chi connectivity index (χ4n) is 5.37. The molecule has 0 aromatic heterocycles. The van der Waals surface area contributed by atoms with Crippen molar-refractivity contribution in [1.82, 2.24) is 0 Å². The third kappa shape index (κ3) is 5.48. The van der Waals surface area contributed by atoms with E-state index in [1.165, 1.54) is 19.3 Å². The van der Waals surface area contributed by atoms with Crippen molar-refractivity contribution in [3.8, 4) is 0 Å². The number of hydrogen-bond donors (Lipinski definition) is 0. The molecular formula is C19H40. The molecule has 0 aromatic rings. The molecule has 1 fully saturated rings. The average molecular weight is 269 g/mol. The van der Waals surface area contributed by atoms with Gasteiger partial charge >= 0.3 is 0 Å². The van der Waals surface area contributed by atoms with Gasteiger partial charge in [-0.25, -0.2) is 0 Å². The van der Waals surface area contributed by atoms with Gasteiger partial charge in [0.05, 0.1) is 0 Å². The Hall–Kier alpha value is 0. The van der Waals surface area contributed by atoms with Crippen molar-refractivity contribution in [1.29, 1.82) is 0 Å². The van der Waals surface area contributed by atoms with E-state index in [1.54, 1.807) is 0 Å². The highest BCUT2D eigenvalue weighted by Crippen LogP contribution is 2.52. The highest BCUT2D eigenvalue weighted by molar-refractivity contribution is 4.93. The Labute approximate surface area is 123 Å². The van der Waals surface area contributed by atoms with Crippen LogP contribution in [0, 0.1) is 34.5 Å². The van der Waals surface area contributed by atoms with Crippen molar-refractivity contribution in [3.63, 3.8) is 0 Å². The zero-order valence-corrected chi connectivity index (χ0v) is 15.4. The van der Waals surface area contributed by atoms with E-state index in [0.29, 0.717) is 10.8 Å². The molecule has 0 aromatic carbocycles. The van der Waals surface area contributed by atoms with Gasteiger partial charge in [0.2, 0.25) is 0 Å². The molecule has 2 unspecified atom stereocenters. The molecule has 0 radical (unpaired) electrons. The lowest BCUT2D eigenvalue weighted by atomic mass is 9.55. The van der Waals surface area contributed by atoms with Crippen LogP contribution in [0.2, 0.25) is 0 Å². The van der Waals surface area contributed by atoms with Crippen LogP contribution in [0.25, 0.3) is 0 Å². The first-order valence-electron chi connectivity index (χ1n) is 8.55. The van der Waals surface area contributed by atoms with Gasteiger partial charge < -0.3 is 0 Å². The summed E-state index contributed by atoms with van der Waals surface area (Å²) in [5.41, 5.74) is 1.06. The van der Waals surface area contributed by atoms with Crippen LogP contribution in [0.4, 0.5) is 0 Å². The van der Waals surface area contributed by atoms with Crippen molar-refractivity contribution in [3.05, 3.63) is 0 Å². The quantitative estimate of drug-likeness (QED) is 0.528. The monoisotopic (exact) mass is 268 g/mol. The van der Waals surface area contributed by atoms with E-state index >= 15 is 0 Å². The van der Waals surface area contributed by atoms with Crippen molar-refractivity contribution in [2.24, 2.45) is 34.5 Å². The molecule has 0 bridgehead atoms. The Balaban J connectivity index is 0.00000154. The maximum Gasteiger partial charge on any atom is -0.0311 e. The third-order valence-electron chi connectivity index (χ3n) is 4.81. The average Bonchev–Trinajstić information content (AvgIpc) is 2.13. The molecular weight excluding hydrogens is 228 g/mol. The smallest absolute Gasteiger partial charge is 0.0311 e. The predicted molar refractivity (Wildman–Crippen MR) is 89.4 cm³/mol. The van der Waals surface area contributed by atoms with Gasteiger partial charge in [-0.2, -0.15) is 0 Å². The zero-order valence-electron chi connectivity index (χ0n) is 15.4. The molecule has 116 valence electrons. The Morgan fingerprint density at radius 3 is 1.68 bits per heavy atom. The molecule has 0 heteroatoms. The lowest BCUT2D eigenvalue weighted by Crippen LogP contribution is -2.42. The molecule has 1 rings (SSSR count). The fraction of sp³-hybridized carbons (Fsp3) is 1.00. The summed E-state index contributed by atoms with van der Waals surface area (Å²) in [5.74, 6) is 3.47. The molecule has 19 heavy (non-hydrogen) atoms. The Morgan fingerprint density at radius 2 is 1.37 bits per heavy atom. The highest BCUT2D eigenvalue weighted by atomic mass is 14.5. The first kappa shape index (κ1) is 19.0.